The minimum absolute atomic E-state index is 0.0631. The number of aliphatic imine (C=N–C) groups is 1. The predicted molar refractivity (Wildman–Crippen MR) is 119 cm³/mol. The molecule has 0 aliphatic carbocycles. The number of anilines is 2. The Balaban J connectivity index is 1.71. The van der Waals surface area contributed by atoms with Crippen molar-refractivity contribution in [1.82, 2.24) is 5.32 Å². The van der Waals surface area contributed by atoms with Crippen molar-refractivity contribution in [2.45, 2.75) is 12.3 Å². The molecule has 0 bridgehead atoms. The van der Waals surface area contributed by atoms with Crippen LogP contribution in [0.25, 0.3) is 0 Å². The normalized spacial score (nSPS) is 15.7. The molecule has 3 amide bonds. The van der Waals surface area contributed by atoms with Crippen molar-refractivity contribution in [3.63, 3.8) is 0 Å². The number of amides is 3. The van der Waals surface area contributed by atoms with Crippen LogP contribution in [0.5, 0.6) is 0 Å². The van der Waals surface area contributed by atoms with Gasteiger partial charge < -0.3 is 15.5 Å². The van der Waals surface area contributed by atoms with Gasteiger partial charge in [0.05, 0.1) is 22.6 Å². The minimum atomic E-state index is -4.94. The monoisotopic (exact) mass is 488 g/mol. The number of hydrogen-bond acceptors (Lipinski definition) is 3. The largest absolute Gasteiger partial charge is 0.418 e. The third-order valence-electron chi connectivity index (χ3n) is 5.28. The van der Waals surface area contributed by atoms with E-state index >= 15 is 0 Å². The lowest BCUT2D eigenvalue weighted by Gasteiger charge is -2.21. The van der Waals surface area contributed by atoms with Crippen molar-refractivity contribution in [2.24, 2.45) is 4.99 Å². The summed E-state index contributed by atoms with van der Waals surface area (Å²) in [4.78, 5) is 31.2. The summed E-state index contributed by atoms with van der Waals surface area (Å²) in [5.74, 6) is -2.47. The van der Waals surface area contributed by atoms with Crippen molar-refractivity contribution < 1.29 is 31.5 Å². The molecule has 1 heterocycles. The first-order valence-electron chi connectivity index (χ1n) is 10.2. The number of para-hydroxylation sites is 1. The molecule has 0 saturated heterocycles. The molecule has 0 aromatic heterocycles. The van der Waals surface area contributed by atoms with E-state index in [4.69, 9.17) is 0 Å². The number of benzene rings is 3. The summed E-state index contributed by atoms with van der Waals surface area (Å²) in [5.41, 5.74) is -1.18. The van der Waals surface area contributed by atoms with Crippen molar-refractivity contribution >= 4 is 29.0 Å². The maximum Gasteiger partial charge on any atom is 0.418 e. The van der Waals surface area contributed by atoms with Crippen LogP contribution in [0.1, 0.15) is 16.7 Å². The summed E-state index contributed by atoms with van der Waals surface area (Å²) in [7, 11) is 1.43. The Kier molecular flexibility index (Phi) is 6.25. The smallest absolute Gasteiger partial charge is 0.311 e. The number of benzodiazepines with no additional fused rings is 1. The molecule has 35 heavy (non-hydrogen) atoms. The molecule has 1 atom stereocenters. The SMILES string of the molecule is CN1C(=O)C(NC(=O)Nc2ccc(F)cc2C(F)(F)F)N=C(c2ccccc2F)c2ccccc21. The number of carbonyl (C=O) groups is 2. The fourth-order valence-electron chi connectivity index (χ4n) is 3.63. The van der Waals surface area contributed by atoms with E-state index in [1.54, 1.807) is 30.3 Å². The van der Waals surface area contributed by atoms with Crippen LogP contribution in [0.15, 0.2) is 71.7 Å². The number of alkyl halides is 3. The lowest BCUT2D eigenvalue weighted by Crippen LogP contribution is -2.47. The van der Waals surface area contributed by atoms with Gasteiger partial charge in [-0.2, -0.15) is 13.2 Å². The molecule has 0 radical (unpaired) electrons. The predicted octanol–water partition coefficient (Wildman–Crippen LogP) is 4.95. The number of urea groups is 1. The molecule has 1 aliphatic heterocycles. The second-order valence-corrected chi connectivity index (χ2v) is 7.56. The van der Waals surface area contributed by atoms with Gasteiger partial charge in [0.25, 0.3) is 5.91 Å². The maximum atomic E-state index is 14.6. The average Bonchev–Trinajstić information content (AvgIpc) is 2.91. The van der Waals surface area contributed by atoms with Crippen LogP contribution in [-0.2, 0) is 11.0 Å². The van der Waals surface area contributed by atoms with E-state index in [1.807, 2.05) is 5.32 Å². The summed E-state index contributed by atoms with van der Waals surface area (Å²) in [6.45, 7) is 0. The molecule has 3 aromatic carbocycles. The Morgan fingerprint density at radius 1 is 0.971 bits per heavy atom. The number of carbonyl (C=O) groups excluding carboxylic acids is 2. The lowest BCUT2D eigenvalue weighted by atomic mass is 10.00. The Bertz CT molecular complexity index is 1340. The van der Waals surface area contributed by atoms with Gasteiger partial charge in [0, 0.05) is 18.2 Å². The van der Waals surface area contributed by atoms with E-state index in [2.05, 4.69) is 10.3 Å². The maximum absolute atomic E-state index is 14.6. The van der Waals surface area contributed by atoms with Crippen LogP contribution < -0.4 is 15.5 Å². The van der Waals surface area contributed by atoms with Gasteiger partial charge in [-0.25, -0.2) is 18.6 Å². The van der Waals surface area contributed by atoms with Crippen LogP contribution in [0.4, 0.5) is 38.1 Å². The van der Waals surface area contributed by atoms with E-state index < -0.39 is 47.2 Å². The molecule has 1 aliphatic rings. The zero-order chi connectivity index (χ0) is 25.3. The molecule has 180 valence electrons. The lowest BCUT2D eigenvalue weighted by molar-refractivity contribution is -0.137. The summed E-state index contributed by atoms with van der Waals surface area (Å²) >= 11 is 0. The number of likely N-dealkylation sites (N-methyl/N-ethyl adjacent to an activating group) is 1. The first-order chi connectivity index (χ1) is 16.6. The summed E-state index contributed by atoms with van der Waals surface area (Å²) in [6.07, 6.45) is -6.54. The zero-order valence-electron chi connectivity index (χ0n) is 18.0. The van der Waals surface area contributed by atoms with Crippen LogP contribution in [0.2, 0.25) is 0 Å². The van der Waals surface area contributed by atoms with E-state index in [-0.39, 0.29) is 17.3 Å². The number of nitrogens with one attached hydrogen (secondary N) is 2. The number of hydrogen-bond donors (Lipinski definition) is 2. The van der Waals surface area contributed by atoms with Crippen molar-refractivity contribution in [3.8, 4) is 0 Å². The fourth-order valence-corrected chi connectivity index (χ4v) is 3.63. The Morgan fingerprint density at radius 3 is 2.31 bits per heavy atom. The van der Waals surface area contributed by atoms with Gasteiger partial charge in [0.1, 0.15) is 11.6 Å². The van der Waals surface area contributed by atoms with Crippen molar-refractivity contribution in [1.29, 1.82) is 0 Å². The number of rotatable bonds is 3. The van der Waals surface area contributed by atoms with Gasteiger partial charge in [-0.3, -0.25) is 4.79 Å². The highest BCUT2D eigenvalue weighted by molar-refractivity contribution is 6.20. The standard InChI is InChI=1S/C24H17F5N4O2/c1-33-19-9-5-3-7-15(19)20(14-6-2-4-8-17(14)26)31-21(22(33)34)32-23(35)30-18-11-10-13(25)12-16(18)24(27,28)29/h2-12,21H,1H3,(H2,30,32,35). The molecule has 2 N–H and O–H groups in total. The van der Waals surface area contributed by atoms with Crippen LogP contribution >= 0.6 is 0 Å². The molecule has 11 heteroatoms. The van der Waals surface area contributed by atoms with Gasteiger partial charge in [-0.1, -0.05) is 30.3 Å². The Morgan fingerprint density at radius 2 is 1.63 bits per heavy atom. The fraction of sp³-hybridized carbons (Fsp3) is 0.125. The molecule has 4 rings (SSSR count). The molecule has 0 saturated carbocycles. The van der Waals surface area contributed by atoms with E-state index in [0.717, 1.165) is 12.1 Å². The number of fused-ring (bicyclic) bond motifs is 1. The third-order valence-corrected chi connectivity index (χ3v) is 5.28. The van der Waals surface area contributed by atoms with Gasteiger partial charge in [-0.05, 0) is 36.4 Å². The topological polar surface area (TPSA) is 73.8 Å². The van der Waals surface area contributed by atoms with Gasteiger partial charge >= 0.3 is 12.2 Å². The highest BCUT2D eigenvalue weighted by atomic mass is 19.4. The highest BCUT2D eigenvalue weighted by Gasteiger charge is 2.35. The van der Waals surface area contributed by atoms with E-state index in [0.29, 0.717) is 11.3 Å². The number of halogens is 5. The third kappa shape index (κ3) is 4.84. The minimum Gasteiger partial charge on any atom is -0.311 e. The molecular formula is C24H17F5N4O2. The molecule has 6 nitrogen and oxygen atoms in total. The van der Waals surface area contributed by atoms with E-state index in [9.17, 15) is 31.5 Å². The second-order valence-electron chi connectivity index (χ2n) is 7.56. The Labute approximate surface area is 196 Å². The average molecular weight is 488 g/mol. The van der Waals surface area contributed by atoms with Gasteiger partial charge in [-0.15, -0.1) is 0 Å². The summed E-state index contributed by atoms with van der Waals surface area (Å²) in [6, 6.07) is 12.8. The van der Waals surface area contributed by atoms with Gasteiger partial charge in [0.2, 0.25) is 6.17 Å². The highest BCUT2D eigenvalue weighted by Crippen LogP contribution is 2.35. The van der Waals surface area contributed by atoms with Crippen LogP contribution in [0.3, 0.4) is 0 Å². The second kappa shape index (κ2) is 9.16. The summed E-state index contributed by atoms with van der Waals surface area (Å²) < 4.78 is 67.8. The van der Waals surface area contributed by atoms with E-state index in [1.165, 1.54) is 30.1 Å². The quantitative estimate of drug-likeness (QED) is 0.513. The Hall–Kier alpha value is -4.28. The van der Waals surface area contributed by atoms with Crippen molar-refractivity contribution in [3.05, 3.63) is 95.1 Å². The first kappa shape index (κ1) is 23.9. The molecule has 0 fully saturated rings. The van der Waals surface area contributed by atoms with Crippen molar-refractivity contribution in [2.75, 3.05) is 17.3 Å². The molecule has 3 aromatic rings. The zero-order valence-corrected chi connectivity index (χ0v) is 18.0. The molecule has 0 spiro atoms. The number of nitrogens with zero attached hydrogens (tertiary/aromatic N) is 2. The molecular weight excluding hydrogens is 471 g/mol. The first-order valence-corrected chi connectivity index (χ1v) is 10.2. The van der Waals surface area contributed by atoms with Crippen LogP contribution in [0, 0.1) is 11.6 Å². The molecule has 1 unspecified atom stereocenters. The van der Waals surface area contributed by atoms with Gasteiger partial charge in [0.15, 0.2) is 0 Å². The van der Waals surface area contributed by atoms with Crippen LogP contribution in [-0.4, -0.2) is 30.9 Å². The summed E-state index contributed by atoms with van der Waals surface area (Å²) in [5, 5.41) is 4.21.